The SMILES string of the molecule is CSCCCOc1cc(C)c(-c2cccc(COc3ccc4c(c3)OCC4CC(=O)O)c2)c(C)c1. The third-order valence-corrected chi connectivity index (χ3v) is 6.87. The van der Waals surface area contributed by atoms with Crippen molar-refractivity contribution in [3.05, 3.63) is 76.9 Å². The zero-order valence-electron chi connectivity index (χ0n) is 20.5. The lowest BCUT2D eigenvalue weighted by Crippen LogP contribution is -2.07. The van der Waals surface area contributed by atoms with Gasteiger partial charge in [0.25, 0.3) is 0 Å². The molecule has 0 bridgehead atoms. The molecule has 1 N–H and O–H groups in total. The van der Waals surface area contributed by atoms with Crippen molar-refractivity contribution in [1.82, 2.24) is 0 Å². The lowest BCUT2D eigenvalue weighted by molar-refractivity contribution is -0.137. The molecule has 1 aliphatic rings. The van der Waals surface area contributed by atoms with Crippen molar-refractivity contribution in [2.24, 2.45) is 0 Å². The van der Waals surface area contributed by atoms with Crippen LogP contribution in [0.15, 0.2) is 54.6 Å². The van der Waals surface area contributed by atoms with Gasteiger partial charge in [0, 0.05) is 17.5 Å². The number of hydrogen-bond donors (Lipinski definition) is 1. The fourth-order valence-electron chi connectivity index (χ4n) is 4.57. The van der Waals surface area contributed by atoms with Crippen LogP contribution in [0.1, 0.15) is 41.0 Å². The number of benzene rings is 3. The van der Waals surface area contributed by atoms with E-state index in [1.54, 1.807) is 0 Å². The number of thioether (sulfide) groups is 1. The Labute approximate surface area is 211 Å². The topological polar surface area (TPSA) is 65.0 Å². The second-order valence-electron chi connectivity index (χ2n) is 8.92. The van der Waals surface area contributed by atoms with Gasteiger partial charge >= 0.3 is 5.97 Å². The van der Waals surface area contributed by atoms with Gasteiger partial charge in [-0.1, -0.05) is 24.3 Å². The molecule has 1 aliphatic heterocycles. The van der Waals surface area contributed by atoms with Crippen LogP contribution in [0.2, 0.25) is 0 Å². The molecule has 0 saturated heterocycles. The minimum atomic E-state index is -0.814. The van der Waals surface area contributed by atoms with Gasteiger partial charge in [0.2, 0.25) is 0 Å². The molecule has 1 heterocycles. The van der Waals surface area contributed by atoms with Crippen molar-refractivity contribution in [2.75, 3.05) is 25.2 Å². The normalized spacial score (nSPS) is 14.3. The van der Waals surface area contributed by atoms with Crippen LogP contribution in [-0.4, -0.2) is 36.3 Å². The predicted octanol–water partition coefficient (Wildman–Crippen LogP) is 6.63. The first-order valence-corrected chi connectivity index (χ1v) is 13.3. The van der Waals surface area contributed by atoms with Crippen LogP contribution in [0.5, 0.6) is 17.2 Å². The van der Waals surface area contributed by atoms with E-state index in [0.717, 1.165) is 41.2 Å². The van der Waals surface area contributed by atoms with Crippen molar-refractivity contribution in [3.63, 3.8) is 0 Å². The number of aryl methyl sites for hydroxylation is 2. The van der Waals surface area contributed by atoms with Crippen LogP contribution in [0, 0.1) is 13.8 Å². The monoisotopic (exact) mass is 492 g/mol. The van der Waals surface area contributed by atoms with Crippen molar-refractivity contribution in [1.29, 1.82) is 0 Å². The minimum absolute atomic E-state index is 0.0734. The second kappa shape index (κ2) is 11.5. The Kier molecular flexibility index (Phi) is 8.24. The summed E-state index contributed by atoms with van der Waals surface area (Å²) in [6.45, 7) is 5.82. The van der Waals surface area contributed by atoms with Gasteiger partial charge in [0.1, 0.15) is 23.9 Å². The van der Waals surface area contributed by atoms with Crippen LogP contribution >= 0.6 is 11.8 Å². The number of ether oxygens (including phenoxy) is 3. The van der Waals surface area contributed by atoms with E-state index < -0.39 is 5.97 Å². The Morgan fingerprint density at radius 2 is 1.86 bits per heavy atom. The number of rotatable bonds is 11. The molecule has 0 amide bonds. The van der Waals surface area contributed by atoms with Crippen molar-refractivity contribution in [2.45, 2.75) is 39.2 Å². The third-order valence-electron chi connectivity index (χ3n) is 6.17. The summed E-state index contributed by atoms with van der Waals surface area (Å²) >= 11 is 1.84. The number of carboxylic acid groups (broad SMARTS) is 1. The maximum Gasteiger partial charge on any atom is 0.304 e. The van der Waals surface area contributed by atoms with E-state index in [2.05, 4.69) is 56.5 Å². The van der Waals surface area contributed by atoms with E-state index in [0.29, 0.717) is 24.7 Å². The molecule has 3 aromatic rings. The van der Waals surface area contributed by atoms with Gasteiger partial charge in [0.05, 0.1) is 19.6 Å². The maximum atomic E-state index is 11.1. The first kappa shape index (κ1) is 25.0. The third kappa shape index (κ3) is 6.31. The Morgan fingerprint density at radius 3 is 2.60 bits per heavy atom. The summed E-state index contributed by atoms with van der Waals surface area (Å²) in [5.74, 6) is 2.53. The molecular weight excluding hydrogens is 460 g/mol. The summed E-state index contributed by atoms with van der Waals surface area (Å²) in [7, 11) is 0. The van der Waals surface area contributed by atoms with Gasteiger partial charge in [-0.3, -0.25) is 4.79 Å². The summed E-state index contributed by atoms with van der Waals surface area (Å²) in [5, 5.41) is 9.08. The summed E-state index contributed by atoms with van der Waals surface area (Å²) in [6, 6.07) is 18.3. The van der Waals surface area contributed by atoms with Gasteiger partial charge in [-0.05, 0) is 84.4 Å². The molecular formula is C29H32O5S. The van der Waals surface area contributed by atoms with Gasteiger partial charge in [-0.2, -0.15) is 11.8 Å². The minimum Gasteiger partial charge on any atom is -0.494 e. The van der Waals surface area contributed by atoms with Gasteiger partial charge in [-0.15, -0.1) is 0 Å². The fourth-order valence-corrected chi connectivity index (χ4v) is 4.97. The highest BCUT2D eigenvalue weighted by Gasteiger charge is 2.26. The highest BCUT2D eigenvalue weighted by atomic mass is 32.2. The van der Waals surface area contributed by atoms with Gasteiger partial charge < -0.3 is 19.3 Å². The lowest BCUT2D eigenvalue weighted by atomic mass is 9.94. The van der Waals surface area contributed by atoms with Crippen LogP contribution < -0.4 is 14.2 Å². The Balaban J connectivity index is 1.43. The molecule has 0 radical (unpaired) electrons. The largest absolute Gasteiger partial charge is 0.494 e. The predicted molar refractivity (Wildman–Crippen MR) is 141 cm³/mol. The molecule has 6 heteroatoms. The van der Waals surface area contributed by atoms with Crippen LogP contribution in [0.25, 0.3) is 11.1 Å². The average molecular weight is 493 g/mol. The van der Waals surface area contributed by atoms with E-state index in [-0.39, 0.29) is 12.3 Å². The number of hydrogen-bond acceptors (Lipinski definition) is 5. The molecule has 0 aliphatic carbocycles. The van der Waals surface area contributed by atoms with Gasteiger partial charge in [0.15, 0.2) is 0 Å². The first-order valence-electron chi connectivity index (χ1n) is 11.9. The summed E-state index contributed by atoms with van der Waals surface area (Å²) in [4.78, 5) is 11.1. The Hall–Kier alpha value is -3.12. The number of fused-ring (bicyclic) bond motifs is 1. The molecule has 5 nitrogen and oxygen atoms in total. The average Bonchev–Trinajstić information content (AvgIpc) is 3.22. The second-order valence-corrected chi connectivity index (χ2v) is 9.91. The van der Waals surface area contributed by atoms with E-state index in [1.807, 2.05) is 30.0 Å². The number of carboxylic acids is 1. The zero-order valence-corrected chi connectivity index (χ0v) is 21.3. The molecule has 3 aromatic carbocycles. The molecule has 1 atom stereocenters. The van der Waals surface area contributed by atoms with E-state index in [1.165, 1.54) is 16.7 Å². The number of aliphatic carboxylic acids is 1. The van der Waals surface area contributed by atoms with E-state index in [4.69, 9.17) is 19.3 Å². The van der Waals surface area contributed by atoms with Crippen molar-refractivity contribution < 1.29 is 24.1 Å². The Bertz CT molecular complexity index is 1170. The quantitative estimate of drug-likeness (QED) is 0.303. The molecule has 1 unspecified atom stereocenters. The van der Waals surface area contributed by atoms with Crippen LogP contribution in [0.4, 0.5) is 0 Å². The smallest absolute Gasteiger partial charge is 0.304 e. The fraction of sp³-hybridized carbons (Fsp3) is 0.345. The number of carbonyl (C=O) groups is 1. The molecule has 0 spiro atoms. The van der Waals surface area contributed by atoms with Crippen molar-refractivity contribution >= 4 is 17.7 Å². The molecule has 35 heavy (non-hydrogen) atoms. The van der Waals surface area contributed by atoms with Gasteiger partial charge in [-0.25, -0.2) is 0 Å². The summed E-state index contributed by atoms with van der Waals surface area (Å²) in [5.41, 5.74) is 6.76. The zero-order chi connectivity index (χ0) is 24.8. The van der Waals surface area contributed by atoms with E-state index in [9.17, 15) is 4.79 Å². The van der Waals surface area contributed by atoms with E-state index >= 15 is 0 Å². The van der Waals surface area contributed by atoms with Crippen LogP contribution in [-0.2, 0) is 11.4 Å². The standard InChI is InChI=1S/C29H32O5S/c1-19-12-25(32-10-5-11-35-3)13-20(2)29(19)22-7-4-6-21(14-22)17-33-24-8-9-26-23(15-28(30)31)18-34-27(26)16-24/h4,6-9,12-14,16,23H,5,10-11,15,17-18H2,1-3H3,(H,30,31). The molecule has 4 rings (SSSR count). The highest BCUT2D eigenvalue weighted by molar-refractivity contribution is 7.98. The first-order chi connectivity index (χ1) is 16.9. The molecule has 184 valence electrons. The molecule has 0 aromatic heterocycles. The summed E-state index contributed by atoms with van der Waals surface area (Å²) in [6.07, 6.45) is 3.23. The Morgan fingerprint density at radius 1 is 1.06 bits per heavy atom. The summed E-state index contributed by atoms with van der Waals surface area (Å²) < 4.78 is 17.7. The highest BCUT2D eigenvalue weighted by Crippen LogP contribution is 2.38. The molecule has 0 saturated carbocycles. The lowest BCUT2D eigenvalue weighted by Gasteiger charge is -2.15. The van der Waals surface area contributed by atoms with Crippen LogP contribution in [0.3, 0.4) is 0 Å². The maximum absolute atomic E-state index is 11.1. The molecule has 0 fully saturated rings. The van der Waals surface area contributed by atoms with Crippen molar-refractivity contribution in [3.8, 4) is 28.4 Å².